The molecule has 1 aliphatic carbocycles. The van der Waals surface area contributed by atoms with Crippen molar-refractivity contribution in [2.75, 3.05) is 39.2 Å². The minimum absolute atomic E-state index is 0.0123. The van der Waals surface area contributed by atoms with Crippen molar-refractivity contribution in [2.45, 2.75) is 45.4 Å². The first kappa shape index (κ1) is 25.2. The number of benzene rings is 2. The van der Waals surface area contributed by atoms with Crippen LogP contribution in [0.2, 0.25) is 0 Å². The molecule has 188 valence electrons. The van der Waals surface area contributed by atoms with Crippen molar-refractivity contribution < 1.29 is 19.1 Å². The van der Waals surface area contributed by atoms with Gasteiger partial charge in [0.05, 0.1) is 11.7 Å². The molecule has 3 atom stereocenters. The Balaban J connectivity index is 1.61. The molecular formula is C28H37N3O4. The van der Waals surface area contributed by atoms with E-state index in [4.69, 9.17) is 9.47 Å². The fraction of sp³-hybridized carbons (Fsp3) is 0.500. The average molecular weight is 480 g/mol. The van der Waals surface area contributed by atoms with Gasteiger partial charge in [0.25, 0.3) is 5.91 Å². The van der Waals surface area contributed by atoms with E-state index in [0.717, 1.165) is 25.9 Å². The third-order valence-electron chi connectivity index (χ3n) is 7.02. The lowest BCUT2D eigenvalue weighted by atomic mass is 10.0. The summed E-state index contributed by atoms with van der Waals surface area (Å²) in [6.07, 6.45) is 1.74. The summed E-state index contributed by atoms with van der Waals surface area (Å²) >= 11 is 0. The molecule has 7 heteroatoms. The molecule has 1 N–H and O–H groups in total. The molecule has 0 unspecified atom stereocenters. The molecule has 2 aromatic rings. The zero-order valence-electron chi connectivity index (χ0n) is 21.2. The summed E-state index contributed by atoms with van der Waals surface area (Å²) in [5, 5.41) is 2.95. The maximum atomic E-state index is 13.5. The standard InChI is InChI=1S/C28H37N3O4/c1-19-15-31(16-21-8-6-5-7-9-21)20(2)18-35-25-13-12-23(29-27(32)22-10-11-22)14-24(25)28(33)30(3)17-26(19)34-4/h5-9,12-14,19-20,22,26H,10-11,15-18H2,1-4H3,(H,29,32)/t19-,20-,26-/m0/s1. The highest BCUT2D eigenvalue weighted by Crippen LogP contribution is 2.31. The average Bonchev–Trinajstić information content (AvgIpc) is 3.71. The maximum absolute atomic E-state index is 13.5. The highest BCUT2D eigenvalue weighted by Gasteiger charge is 2.31. The first-order chi connectivity index (χ1) is 16.9. The van der Waals surface area contributed by atoms with Crippen LogP contribution in [0.3, 0.4) is 0 Å². The van der Waals surface area contributed by atoms with Crippen LogP contribution < -0.4 is 10.1 Å². The summed E-state index contributed by atoms with van der Waals surface area (Å²) in [7, 11) is 3.50. The van der Waals surface area contributed by atoms with E-state index < -0.39 is 0 Å². The van der Waals surface area contributed by atoms with E-state index in [9.17, 15) is 9.59 Å². The molecule has 2 aromatic carbocycles. The predicted octanol–water partition coefficient (Wildman–Crippen LogP) is 4.04. The van der Waals surface area contributed by atoms with Crippen LogP contribution in [0, 0.1) is 11.8 Å². The lowest BCUT2D eigenvalue weighted by Crippen LogP contribution is -2.46. The molecule has 4 rings (SSSR count). The molecule has 2 aliphatic rings. The van der Waals surface area contributed by atoms with Crippen molar-refractivity contribution in [3.05, 3.63) is 59.7 Å². The van der Waals surface area contributed by atoms with Gasteiger partial charge in [0, 0.05) is 51.4 Å². The van der Waals surface area contributed by atoms with Gasteiger partial charge in [-0.15, -0.1) is 0 Å². The second-order valence-corrected chi connectivity index (χ2v) is 9.99. The Morgan fingerprint density at radius 2 is 1.86 bits per heavy atom. The fourth-order valence-electron chi connectivity index (χ4n) is 4.56. The minimum Gasteiger partial charge on any atom is -0.491 e. The van der Waals surface area contributed by atoms with E-state index in [1.807, 2.05) is 12.1 Å². The number of nitrogens with zero attached hydrogens (tertiary/aromatic N) is 2. The van der Waals surface area contributed by atoms with E-state index in [0.29, 0.717) is 30.2 Å². The molecule has 1 heterocycles. The van der Waals surface area contributed by atoms with Gasteiger partial charge in [-0.1, -0.05) is 37.3 Å². The van der Waals surface area contributed by atoms with Crippen molar-refractivity contribution in [2.24, 2.45) is 11.8 Å². The quantitative estimate of drug-likeness (QED) is 0.701. The number of carbonyl (C=O) groups excluding carboxylic acids is 2. The maximum Gasteiger partial charge on any atom is 0.257 e. The normalized spacial score (nSPS) is 24.1. The zero-order chi connectivity index (χ0) is 24.9. The summed E-state index contributed by atoms with van der Waals surface area (Å²) < 4.78 is 12.1. The van der Waals surface area contributed by atoms with Crippen LogP contribution in [-0.2, 0) is 16.1 Å². The van der Waals surface area contributed by atoms with Crippen molar-refractivity contribution >= 4 is 17.5 Å². The first-order valence-corrected chi connectivity index (χ1v) is 12.5. The largest absolute Gasteiger partial charge is 0.491 e. The van der Waals surface area contributed by atoms with Crippen LogP contribution in [0.1, 0.15) is 42.6 Å². The van der Waals surface area contributed by atoms with Gasteiger partial charge in [-0.2, -0.15) is 0 Å². The molecular weight excluding hydrogens is 442 g/mol. The molecule has 0 saturated heterocycles. The molecule has 0 spiro atoms. The van der Waals surface area contributed by atoms with Crippen LogP contribution in [0.4, 0.5) is 5.69 Å². The first-order valence-electron chi connectivity index (χ1n) is 12.5. The van der Waals surface area contributed by atoms with E-state index >= 15 is 0 Å². The molecule has 7 nitrogen and oxygen atoms in total. The Morgan fingerprint density at radius 1 is 1.11 bits per heavy atom. The van der Waals surface area contributed by atoms with Gasteiger partial charge in [-0.25, -0.2) is 0 Å². The summed E-state index contributed by atoms with van der Waals surface area (Å²) in [5.41, 5.74) is 2.32. The lowest BCUT2D eigenvalue weighted by molar-refractivity contribution is -0.117. The second-order valence-electron chi connectivity index (χ2n) is 9.99. The number of likely N-dealkylation sites (N-methyl/N-ethyl adjacent to an activating group) is 1. The third-order valence-corrected chi connectivity index (χ3v) is 7.02. The topological polar surface area (TPSA) is 71.1 Å². The Labute approximate surface area is 208 Å². The summed E-state index contributed by atoms with van der Waals surface area (Å²) in [4.78, 5) is 29.8. The minimum atomic E-state index is -0.147. The number of carbonyl (C=O) groups is 2. The molecule has 1 saturated carbocycles. The molecule has 0 aromatic heterocycles. The summed E-state index contributed by atoms with van der Waals surface area (Å²) in [6.45, 7) is 6.85. The van der Waals surface area contributed by atoms with Crippen LogP contribution >= 0.6 is 0 Å². The molecule has 0 radical (unpaired) electrons. The SMILES string of the molecule is CO[C@H]1CN(C)C(=O)c2cc(NC(=O)C3CC3)ccc2OC[C@H](C)N(Cc2ccccc2)C[C@@H]1C. The number of hydrogen-bond donors (Lipinski definition) is 1. The summed E-state index contributed by atoms with van der Waals surface area (Å²) in [6, 6.07) is 15.9. The van der Waals surface area contributed by atoms with Crippen molar-refractivity contribution in [3.63, 3.8) is 0 Å². The Kier molecular flexibility index (Phi) is 8.08. The number of anilines is 1. The highest BCUT2D eigenvalue weighted by molar-refractivity contribution is 6.00. The number of hydrogen-bond acceptors (Lipinski definition) is 5. The van der Waals surface area contributed by atoms with E-state index in [1.54, 1.807) is 31.2 Å². The van der Waals surface area contributed by atoms with Crippen LogP contribution in [0.5, 0.6) is 5.75 Å². The third kappa shape index (κ3) is 6.41. The van der Waals surface area contributed by atoms with Gasteiger partial charge in [0.15, 0.2) is 0 Å². The van der Waals surface area contributed by atoms with Crippen LogP contribution in [0.25, 0.3) is 0 Å². The number of nitrogens with one attached hydrogen (secondary N) is 1. The van der Waals surface area contributed by atoms with E-state index in [1.165, 1.54) is 5.56 Å². The summed E-state index contributed by atoms with van der Waals surface area (Å²) in [5.74, 6) is 0.681. The Hall–Kier alpha value is -2.90. The number of ether oxygens (including phenoxy) is 2. The smallest absolute Gasteiger partial charge is 0.257 e. The van der Waals surface area contributed by atoms with Crippen molar-refractivity contribution in [1.82, 2.24) is 9.80 Å². The molecule has 35 heavy (non-hydrogen) atoms. The van der Waals surface area contributed by atoms with E-state index in [2.05, 4.69) is 48.3 Å². The van der Waals surface area contributed by atoms with Gasteiger partial charge < -0.3 is 19.7 Å². The number of fused-ring (bicyclic) bond motifs is 1. The predicted molar refractivity (Wildman–Crippen MR) is 137 cm³/mol. The zero-order valence-corrected chi connectivity index (χ0v) is 21.2. The number of rotatable bonds is 5. The molecule has 0 bridgehead atoms. The second kappa shape index (κ2) is 11.2. The van der Waals surface area contributed by atoms with Gasteiger partial charge in [-0.05, 0) is 49.4 Å². The Bertz CT molecular complexity index is 1020. The van der Waals surface area contributed by atoms with Gasteiger partial charge in [0.2, 0.25) is 5.91 Å². The monoisotopic (exact) mass is 479 g/mol. The number of methoxy groups -OCH3 is 1. The Morgan fingerprint density at radius 3 is 2.54 bits per heavy atom. The van der Waals surface area contributed by atoms with E-state index in [-0.39, 0.29) is 35.8 Å². The van der Waals surface area contributed by atoms with Crippen LogP contribution in [-0.4, -0.2) is 67.6 Å². The highest BCUT2D eigenvalue weighted by atomic mass is 16.5. The van der Waals surface area contributed by atoms with Crippen molar-refractivity contribution in [1.29, 1.82) is 0 Å². The number of amides is 2. The fourth-order valence-corrected chi connectivity index (χ4v) is 4.56. The molecule has 1 aliphatic heterocycles. The van der Waals surface area contributed by atoms with Gasteiger partial charge >= 0.3 is 0 Å². The van der Waals surface area contributed by atoms with Gasteiger partial charge in [-0.3, -0.25) is 14.5 Å². The molecule has 1 fully saturated rings. The molecule has 2 amide bonds. The lowest BCUT2D eigenvalue weighted by Gasteiger charge is -2.36. The van der Waals surface area contributed by atoms with Gasteiger partial charge in [0.1, 0.15) is 12.4 Å². The van der Waals surface area contributed by atoms with Crippen LogP contribution in [0.15, 0.2) is 48.5 Å². The van der Waals surface area contributed by atoms with Crippen molar-refractivity contribution in [3.8, 4) is 5.75 Å².